The summed E-state index contributed by atoms with van der Waals surface area (Å²) in [7, 11) is 0. The van der Waals surface area contributed by atoms with Crippen LogP contribution in [0.2, 0.25) is 0 Å². The highest BCUT2D eigenvalue weighted by molar-refractivity contribution is 14.1. The summed E-state index contributed by atoms with van der Waals surface area (Å²) in [6, 6.07) is 8.46. The molecule has 0 atom stereocenters. The quantitative estimate of drug-likeness (QED) is 0.170. The van der Waals surface area contributed by atoms with Gasteiger partial charge in [-0.15, -0.1) is 0 Å². The van der Waals surface area contributed by atoms with E-state index in [4.69, 9.17) is 9.47 Å². The molecule has 2 aliphatic heterocycles. The van der Waals surface area contributed by atoms with Crippen molar-refractivity contribution < 1.29 is 33.3 Å². The molecular formula is C31H42FI2N5O8. The third-order valence-electron chi connectivity index (χ3n) is 6.44. The molecular weight excluding hydrogens is 843 g/mol. The molecule has 2 heterocycles. The standard InChI is InChI=1S/C15H20IN3O4.C10H19NO2.C6H3FINO2/c1-15(2,3)23-14(20)18-6-4-17(5-7-18)12-8-11(16)9-13(10-12)19(21)22;1-10(2,3)13-9(12)11-7-5-4-6-8-11;7-4-1-5(8)3-6(2-4)9(10)11/h8-10H,4-7H2,1-3H3;4-8H2,1-3H3;1-3H. The number of halogens is 3. The van der Waals surface area contributed by atoms with Crippen molar-refractivity contribution in [1.82, 2.24) is 9.80 Å². The third kappa shape index (κ3) is 15.2. The van der Waals surface area contributed by atoms with Gasteiger partial charge in [-0.25, -0.2) is 14.0 Å². The van der Waals surface area contributed by atoms with Crippen LogP contribution in [-0.2, 0) is 9.47 Å². The molecule has 260 valence electrons. The molecule has 2 fully saturated rings. The van der Waals surface area contributed by atoms with Crippen LogP contribution in [0.5, 0.6) is 0 Å². The van der Waals surface area contributed by atoms with Gasteiger partial charge in [0.05, 0.1) is 15.9 Å². The van der Waals surface area contributed by atoms with E-state index < -0.39 is 16.3 Å². The SMILES string of the molecule is CC(C)(C)OC(=O)N1CCCCC1.CC(C)(C)OC(=O)N1CCN(c2cc(I)cc([N+](=O)[O-])c2)CC1.O=[N+]([O-])c1cc(F)cc(I)c1. The lowest BCUT2D eigenvalue weighted by Gasteiger charge is -2.36. The first-order valence-corrected chi connectivity index (χ1v) is 17.2. The fraction of sp³-hybridized carbons (Fsp3) is 0.548. The number of anilines is 1. The monoisotopic (exact) mass is 885 g/mol. The van der Waals surface area contributed by atoms with E-state index in [1.54, 1.807) is 21.9 Å². The third-order valence-corrected chi connectivity index (χ3v) is 7.69. The molecule has 2 aliphatic rings. The molecule has 0 N–H and O–H groups in total. The lowest BCUT2D eigenvalue weighted by atomic mass is 10.1. The van der Waals surface area contributed by atoms with Gasteiger partial charge in [0.25, 0.3) is 11.4 Å². The number of non-ortho nitro benzene ring substituents is 2. The Morgan fingerprint density at radius 2 is 1.11 bits per heavy atom. The second-order valence-electron chi connectivity index (χ2n) is 12.8. The summed E-state index contributed by atoms with van der Waals surface area (Å²) < 4.78 is 24.5. The van der Waals surface area contributed by atoms with E-state index in [1.807, 2.05) is 70.2 Å². The number of hydrogen-bond donors (Lipinski definition) is 0. The van der Waals surface area contributed by atoms with Crippen LogP contribution < -0.4 is 4.90 Å². The van der Waals surface area contributed by atoms with E-state index in [-0.39, 0.29) is 34.1 Å². The van der Waals surface area contributed by atoms with Crippen LogP contribution in [0.25, 0.3) is 0 Å². The Hall–Kier alpha value is -3.03. The maximum absolute atomic E-state index is 12.5. The summed E-state index contributed by atoms with van der Waals surface area (Å²) in [4.78, 5) is 49.2. The second-order valence-corrected chi connectivity index (χ2v) is 15.3. The summed E-state index contributed by atoms with van der Waals surface area (Å²) in [5.41, 5.74) is -0.192. The number of benzene rings is 2. The highest BCUT2D eigenvalue weighted by Gasteiger charge is 2.27. The molecule has 2 aromatic rings. The average Bonchev–Trinajstić information content (AvgIpc) is 2.96. The Labute approximate surface area is 301 Å². The van der Waals surface area contributed by atoms with Gasteiger partial charge in [-0.05, 0) is 118 Å². The van der Waals surface area contributed by atoms with Crippen LogP contribution in [0, 0.1) is 33.2 Å². The number of ether oxygens (including phenoxy) is 2. The zero-order valence-electron chi connectivity index (χ0n) is 27.5. The number of nitro benzene ring substituents is 2. The number of rotatable bonds is 3. The van der Waals surface area contributed by atoms with E-state index in [2.05, 4.69) is 27.5 Å². The lowest BCUT2D eigenvalue weighted by molar-refractivity contribution is -0.385. The molecule has 4 rings (SSSR count). The normalized spacial score (nSPS) is 15.0. The summed E-state index contributed by atoms with van der Waals surface area (Å²) >= 11 is 3.89. The minimum atomic E-state index is -0.620. The molecule has 0 radical (unpaired) electrons. The largest absolute Gasteiger partial charge is 0.444 e. The van der Waals surface area contributed by atoms with E-state index in [0.29, 0.717) is 29.7 Å². The van der Waals surface area contributed by atoms with Crippen molar-refractivity contribution in [2.24, 2.45) is 0 Å². The Kier molecular flexibility index (Phi) is 15.3. The molecule has 0 unspecified atom stereocenters. The maximum atomic E-state index is 12.5. The average molecular weight is 886 g/mol. The molecule has 47 heavy (non-hydrogen) atoms. The molecule has 2 aromatic carbocycles. The smallest absolute Gasteiger partial charge is 0.410 e. The van der Waals surface area contributed by atoms with E-state index >= 15 is 0 Å². The number of amides is 2. The highest BCUT2D eigenvalue weighted by atomic mass is 127. The van der Waals surface area contributed by atoms with Gasteiger partial charge >= 0.3 is 12.2 Å². The molecule has 13 nitrogen and oxygen atoms in total. The van der Waals surface area contributed by atoms with Gasteiger partial charge in [-0.1, -0.05) is 0 Å². The summed E-state index contributed by atoms with van der Waals surface area (Å²) in [5.74, 6) is -0.580. The Balaban J connectivity index is 0.000000270. The predicted molar refractivity (Wildman–Crippen MR) is 193 cm³/mol. The molecule has 0 spiro atoms. The number of likely N-dealkylation sites (tertiary alicyclic amines) is 1. The molecule has 0 bridgehead atoms. The fourth-order valence-corrected chi connectivity index (χ4v) is 5.62. The van der Waals surface area contributed by atoms with Crippen molar-refractivity contribution in [3.8, 4) is 0 Å². The summed E-state index contributed by atoms with van der Waals surface area (Å²) in [6.45, 7) is 15.2. The number of nitro groups is 2. The van der Waals surface area contributed by atoms with Crippen molar-refractivity contribution in [2.45, 2.75) is 72.0 Å². The van der Waals surface area contributed by atoms with Crippen LogP contribution in [-0.4, -0.2) is 82.3 Å². The van der Waals surface area contributed by atoms with Gasteiger partial charge in [0.2, 0.25) is 0 Å². The van der Waals surface area contributed by atoms with Crippen LogP contribution in [0.15, 0.2) is 36.4 Å². The van der Waals surface area contributed by atoms with E-state index in [1.165, 1.54) is 18.6 Å². The molecule has 2 amide bonds. The van der Waals surface area contributed by atoms with Gasteiger partial charge in [0.1, 0.15) is 17.0 Å². The van der Waals surface area contributed by atoms with E-state index in [0.717, 1.165) is 41.3 Å². The summed E-state index contributed by atoms with van der Waals surface area (Å²) in [5, 5.41) is 21.1. The molecule has 0 aromatic heterocycles. The minimum Gasteiger partial charge on any atom is -0.444 e. The van der Waals surface area contributed by atoms with Gasteiger partial charge in [-0.2, -0.15) is 0 Å². The van der Waals surface area contributed by atoms with Crippen LogP contribution in [0.4, 0.5) is 31.0 Å². The second kappa shape index (κ2) is 17.9. The van der Waals surface area contributed by atoms with Gasteiger partial charge < -0.3 is 24.2 Å². The predicted octanol–water partition coefficient (Wildman–Crippen LogP) is 8.00. The summed E-state index contributed by atoms with van der Waals surface area (Å²) in [6.07, 6.45) is 2.98. The number of hydrogen-bond acceptors (Lipinski definition) is 9. The van der Waals surface area contributed by atoms with Gasteiger partial charge in [0.15, 0.2) is 0 Å². The fourth-order valence-electron chi connectivity index (χ4n) is 4.37. The number of piperazine rings is 1. The van der Waals surface area contributed by atoms with Crippen molar-refractivity contribution >= 4 is 74.4 Å². The molecule has 0 aliphatic carbocycles. The first kappa shape index (κ1) is 40.1. The van der Waals surface area contributed by atoms with Crippen LogP contribution in [0.1, 0.15) is 60.8 Å². The first-order valence-electron chi connectivity index (χ1n) is 15.0. The van der Waals surface area contributed by atoms with E-state index in [9.17, 15) is 34.2 Å². The molecule has 16 heteroatoms. The van der Waals surface area contributed by atoms with Crippen molar-refractivity contribution in [2.75, 3.05) is 44.2 Å². The van der Waals surface area contributed by atoms with Crippen molar-refractivity contribution in [1.29, 1.82) is 0 Å². The molecule has 2 saturated heterocycles. The van der Waals surface area contributed by atoms with Crippen molar-refractivity contribution in [3.63, 3.8) is 0 Å². The van der Waals surface area contributed by atoms with Crippen molar-refractivity contribution in [3.05, 3.63) is 69.6 Å². The number of piperidine rings is 1. The first-order chi connectivity index (χ1) is 21.7. The Morgan fingerprint density at radius 1 is 0.681 bits per heavy atom. The number of nitrogens with zero attached hydrogens (tertiary/aromatic N) is 5. The van der Waals surface area contributed by atoms with Gasteiger partial charge in [-0.3, -0.25) is 20.2 Å². The zero-order chi connectivity index (χ0) is 35.5. The van der Waals surface area contributed by atoms with Gasteiger partial charge in [0, 0.05) is 70.3 Å². The van der Waals surface area contributed by atoms with Crippen LogP contribution in [0.3, 0.4) is 0 Å². The maximum Gasteiger partial charge on any atom is 0.410 e. The highest BCUT2D eigenvalue weighted by Crippen LogP contribution is 2.26. The minimum absolute atomic E-state index is 0.0847. The Morgan fingerprint density at radius 3 is 1.53 bits per heavy atom. The molecule has 0 saturated carbocycles. The topological polar surface area (TPSA) is 149 Å². The number of carbonyl (C=O) groups is 2. The Bertz CT molecular complexity index is 1380. The zero-order valence-corrected chi connectivity index (χ0v) is 31.8. The lowest BCUT2D eigenvalue weighted by Crippen LogP contribution is -2.50. The number of carbonyl (C=O) groups excluding carboxylic acids is 2. The van der Waals surface area contributed by atoms with Crippen LogP contribution >= 0.6 is 45.2 Å².